The Morgan fingerprint density at radius 3 is 2.56 bits per heavy atom. The Kier molecular flexibility index (Phi) is 7.14. The molecule has 1 N–H and O–H groups in total. The topological polar surface area (TPSA) is 58.6 Å². The number of sulfonamides is 1. The van der Waals surface area contributed by atoms with Crippen LogP contribution >= 0.6 is 0 Å². The zero-order chi connectivity index (χ0) is 13.4. The summed E-state index contributed by atoms with van der Waals surface area (Å²) in [6, 6.07) is 0. The molecule has 6 heteroatoms. The van der Waals surface area contributed by atoms with Crippen LogP contribution in [-0.4, -0.2) is 58.4 Å². The summed E-state index contributed by atoms with van der Waals surface area (Å²) in [5, 5.41) is 3.33. The predicted molar refractivity (Wildman–Crippen MR) is 73.1 cm³/mol. The molecule has 1 rings (SSSR count). The van der Waals surface area contributed by atoms with Gasteiger partial charge >= 0.3 is 0 Å². The number of rotatable bonds is 8. The van der Waals surface area contributed by atoms with Gasteiger partial charge in [0.2, 0.25) is 10.0 Å². The van der Waals surface area contributed by atoms with Gasteiger partial charge in [-0.1, -0.05) is 6.92 Å². The summed E-state index contributed by atoms with van der Waals surface area (Å²) in [6.07, 6.45) is 2.52. The van der Waals surface area contributed by atoms with Crippen LogP contribution in [0.15, 0.2) is 0 Å². The van der Waals surface area contributed by atoms with Crippen LogP contribution in [0.3, 0.4) is 0 Å². The Bertz CT molecular complexity index is 311. The van der Waals surface area contributed by atoms with Crippen molar-refractivity contribution in [1.82, 2.24) is 9.62 Å². The fourth-order valence-corrected chi connectivity index (χ4v) is 3.76. The van der Waals surface area contributed by atoms with Crippen LogP contribution in [0.2, 0.25) is 0 Å². The third-order valence-corrected chi connectivity index (χ3v) is 5.36. The Hall–Kier alpha value is -0.170. The first-order chi connectivity index (χ1) is 8.60. The van der Waals surface area contributed by atoms with E-state index in [4.69, 9.17) is 4.74 Å². The van der Waals surface area contributed by atoms with E-state index in [1.807, 2.05) is 0 Å². The van der Waals surface area contributed by atoms with Crippen molar-refractivity contribution in [3.05, 3.63) is 0 Å². The van der Waals surface area contributed by atoms with Crippen molar-refractivity contribution in [2.75, 3.05) is 45.6 Å². The summed E-state index contributed by atoms with van der Waals surface area (Å²) >= 11 is 0. The summed E-state index contributed by atoms with van der Waals surface area (Å²) in [6.45, 7) is 5.94. The second-order valence-corrected chi connectivity index (χ2v) is 6.90. The molecule has 0 saturated carbocycles. The number of hydrogen-bond acceptors (Lipinski definition) is 4. The first-order valence-electron chi connectivity index (χ1n) is 6.77. The van der Waals surface area contributed by atoms with E-state index in [9.17, 15) is 8.42 Å². The molecule has 18 heavy (non-hydrogen) atoms. The molecule has 0 spiro atoms. The lowest BCUT2D eigenvalue weighted by Gasteiger charge is -2.31. The molecular weight excluding hydrogens is 252 g/mol. The predicted octanol–water partition coefficient (Wildman–Crippen LogP) is 0.674. The second-order valence-electron chi connectivity index (χ2n) is 4.81. The van der Waals surface area contributed by atoms with Crippen LogP contribution in [0.5, 0.6) is 0 Å². The maximum Gasteiger partial charge on any atom is 0.214 e. The van der Waals surface area contributed by atoms with Gasteiger partial charge in [0.15, 0.2) is 0 Å². The maximum absolute atomic E-state index is 12.0. The fourth-order valence-electron chi connectivity index (χ4n) is 2.25. The van der Waals surface area contributed by atoms with E-state index in [0.29, 0.717) is 32.0 Å². The summed E-state index contributed by atoms with van der Waals surface area (Å²) in [7, 11) is -1.47. The molecule has 1 saturated heterocycles. The van der Waals surface area contributed by atoms with Crippen LogP contribution in [0.1, 0.15) is 26.2 Å². The van der Waals surface area contributed by atoms with E-state index in [1.165, 1.54) is 0 Å². The molecule has 0 amide bonds. The molecule has 0 radical (unpaired) electrons. The minimum atomic E-state index is -3.07. The molecule has 108 valence electrons. The van der Waals surface area contributed by atoms with Crippen molar-refractivity contribution in [3.63, 3.8) is 0 Å². The molecular formula is C12H26N2O3S. The number of methoxy groups -OCH3 is 1. The van der Waals surface area contributed by atoms with Gasteiger partial charge in [-0.05, 0) is 38.3 Å². The van der Waals surface area contributed by atoms with Crippen molar-refractivity contribution < 1.29 is 13.2 Å². The molecule has 0 aromatic carbocycles. The van der Waals surface area contributed by atoms with Crippen molar-refractivity contribution >= 4 is 10.0 Å². The van der Waals surface area contributed by atoms with Gasteiger partial charge in [-0.3, -0.25) is 0 Å². The fraction of sp³-hybridized carbons (Fsp3) is 1.00. The van der Waals surface area contributed by atoms with Gasteiger partial charge in [0.1, 0.15) is 0 Å². The molecule has 0 unspecified atom stereocenters. The monoisotopic (exact) mass is 278 g/mol. The zero-order valence-electron chi connectivity index (χ0n) is 11.5. The second kappa shape index (κ2) is 8.09. The molecule has 1 aliphatic heterocycles. The van der Waals surface area contributed by atoms with Gasteiger partial charge in [-0.2, -0.15) is 0 Å². The first-order valence-corrected chi connectivity index (χ1v) is 8.38. The molecule has 0 atom stereocenters. The Balaban J connectivity index is 2.32. The van der Waals surface area contributed by atoms with E-state index in [2.05, 4.69) is 12.2 Å². The first kappa shape index (κ1) is 15.9. The number of hydrogen-bond donors (Lipinski definition) is 1. The highest BCUT2D eigenvalue weighted by atomic mass is 32.2. The number of piperidine rings is 1. The van der Waals surface area contributed by atoms with Gasteiger partial charge < -0.3 is 10.1 Å². The third kappa shape index (κ3) is 5.22. The molecule has 5 nitrogen and oxygen atoms in total. The Morgan fingerprint density at radius 1 is 1.33 bits per heavy atom. The van der Waals surface area contributed by atoms with Crippen molar-refractivity contribution in [1.29, 1.82) is 0 Å². The van der Waals surface area contributed by atoms with Crippen LogP contribution in [0.25, 0.3) is 0 Å². The molecule has 0 bridgehead atoms. The number of ether oxygens (including phenoxy) is 1. The summed E-state index contributed by atoms with van der Waals surface area (Å²) < 4.78 is 30.6. The lowest BCUT2D eigenvalue weighted by atomic mass is 9.98. The number of nitrogens with one attached hydrogen (secondary N) is 1. The van der Waals surface area contributed by atoms with E-state index >= 15 is 0 Å². The zero-order valence-corrected chi connectivity index (χ0v) is 12.3. The normalized spacial score (nSPS) is 19.2. The van der Waals surface area contributed by atoms with Crippen LogP contribution in [0, 0.1) is 5.92 Å². The van der Waals surface area contributed by atoms with Gasteiger partial charge in [-0.25, -0.2) is 12.7 Å². The van der Waals surface area contributed by atoms with E-state index in [-0.39, 0.29) is 5.75 Å². The molecule has 1 fully saturated rings. The summed E-state index contributed by atoms with van der Waals surface area (Å²) in [5.74, 6) is 0.828. The average molecular weight is 278 g/mol. The quantitative estimate of drug-likeness (QED) is 0.663. The van der Waals surface area contributed by atoms with Crippen molar-refractivity contribution in [2.24, 2.45) is 5.92 Å². The lowest BCUT2D eigenvalue weighted by molar-refractivity contribution is 0.198. The highest BCUT2D eigenvalue weighted by Crippen LogP contribution is 2.19. The van der Waals surface area contributed by atoms with Crippen LogP contribution in [-0.2, 0) is 14.8 Å². The average Bonchev–Trinajstić information content (AvgIpc) is 2.37. The lowest BCUT2D eigenvalue weighted by Crippen LogP contribution is -2.41. The summed E-state index contributed by atoms with van der Waals surface area (Å²) in [5.41, 5.74) is 0. The molecule has 1 aliphatic rings. The molecule has 1 heterocycles. The minimum Gasteiger partial charge on any atom is -0.385 e. The largest absolute Gasteiger partial charge is 0.385 e. The molecule has 0 aromatic heterocycles. The Morgan fingerprint density at radius 2 is 2.00 bits per heavy atom. The number of nitrogens with zero attached hydrogens (tertiary/aromatic N) is 1. The van der Waals surface area contributed by atoms with E-state index in [0.717, 1.165) is 25.9 Å². The Labute approximate surface area is 111 Å². The van der Waals surface area contributed by atoms with E-state index < -0.39 is 10.0 Å². The maximum atomic E-state index is 12.0. The summed E-state index contributed by atoms with van der Waals surface area (Å²) in [4.78, 5) is 0. The van der Waals surface area contributed by atoms with Crippen molar-refractivity contribution in [2.45, 2.75) is 26.2 Å². The van der Waals surface area contributed by atoms with Gasteiger partial charge in [0, 0.05) is 26.8 Å². The smallest absolute Gasteiger partial charge is 0.214 e. The van der Waals surface area contributed by atoms with Gasteiger partial charge in [0.05, 0.1) is 5.75 Å². The third-order valence-electron chi connectivity index (χ3n) is 3.40. The highest BCUT2D eigenvalue weighted by Gasteiger charge is 2.27. The SMILES string of the molecule is CCNCC1CCN(S(=O)(=O)CCCOC)CC1. The van der Waals surface area contributed by atoms with Crippen LogP contribution in [0.4, 0.5) is 0 Å². The standard InChI is InChI=1S/C12H26N2O3S/c1-3-13-11-12-5-7-14(8-6-12)18(15,16)10-4-9-17-2/h12-13H,3-11H2,1-2H3. The molecule has 0 aliphatic carbocycles. The van der Waals surface area contributed by atoms with Crippen molar-refractivity contribution in [3.8, 4) is 0 Å². The van der Waals surface area contributed by atoms with Gasteiger partial charge in [0.25, 0.3) is 0 Å². The van der Waals surface area contributed by atoms with E-state index in [1.54, 1.807) is 11.4 Å². The molecule has 0 aromatic rings. The highest BCUT2D eigenvalue weighted by molar-refractivity contribution is 7.89. The van der Waals surface area contributed by atoms with Gasteiger partial charge in [-0.15, -0.1) is 0 Å². The minimum absolute atomic E-state index is 0.207. The van der Waals surface area contributed by atoms with Crippen LogP contribution < -0.4 is 5.32 Å².